The summed E-state index contributed by atoms with van der Waals surface area (Å²) in [4.78, 5) is 18.2. The van der Waals surface area contributed by atoms with Gasteiger partial charge in [0.25, 0.3) is 6.43 Å². The Balaban J connectivity index is 1.39. The summed E-state index contributed by atoms with van der Waals surface area (Å²) >= 11 is 0. The third-order valence-corrected chi connectivity index (χ3v) is 7.32. The van der Waals surface area contributed by atoms with E-state index >= 15 is 0 Å². The minimum absolute atomic E-state index is 0.0539. The largest absolute Gasteiger partial charge is 0.497 e. The molecule has 0 spiro atoms. The average Bonchev–Trinajstić information content (AvgIpc) is 3.41. The molecule has 1 aliphatic rings. The number of alkyl halides is 2. The maximum atomic E-state index is 14.2. The van der Waals surface area contributed by atoms with Gasteiger partial charge in [-0.05, 0) is 61.2 Å². The molecule has 2 aromatic heterocycles. The zero-order valence-electron chi connectivity index (χ0n) is 24.2. The first kappa shape index (κ1) is 28.6. The molecule has 0 bridgehead atoms. The number of methoxy groups -OCH3 is 1. The van der Waals surface area contributed by atoms with Crippen LogP contribution in [0.15, 0.2) is 72.8 Å². The van der Waals surface area contributed by atoms with E-state index in [9.17, 15) is 8.78 Å². The van der Waals surface area contributed by atoms with E-state index in [1.807, 2.05) is 44.2 Å². The van der Waals surface area contributed by atoms with Gasteiger partial charge in [-0.15, -0.1) is 0 Å². The standard InChI is InChI=1S/C32H33F2N7O2/c1-32(2,18-21-9-4-5-12-23(21)20-10-8-11-22(17-20)42-3)40-30-37-28(26-19-35-15-16-43-26)38-31(39-30)41-25-14-7-6-13-24(25)36-29(41)27(33)34/h4-14,17,26-27,35H,15-16,18-19H2,1-3H3,(H,37,38,39,40). The molecule has 6 rings (SSSR count). The van der Waals surface area contributed by atoms with Gasteiger partial charge >= 0.3 is 0 Å². The zero-order chi connectivity index (χ0) is 30.0. The van der Waals surface area contributed by atoms with E-state index in [4.69, 9.17) is 14.5 Å². The highest BCUT2D eigenvalue weighted by Crippen LogP contribution is 2.31. The molecule has 1 unspecified atom stereocenters. The smallest absolute Gasteiger partial charge is 0.296 e. The Kier molecular flexibility index (Phi) is 8.00. The zero-order valence-corrected chi connectivity index (χ0v) is 24.2. The molecule has 0 saturated carbocycles. The third kappa shape index (κ3) is 6.18. The van der Waals surface area contributed by atoms with Gasteiger partial charge in [0.2, 0.25) is 11.9 Å². The van der Waals surface area contributed by atoms with E-state index in [-0.39, 0.29) is 11.9 Å². The number of anilines is 1. The minimum Gasteiger partial charge on any atom is -0.497 e. The molecule has 0 radical (unpaired) electrons. The average molecular weight is 586 g/mol. The quantitative estimate of drug-likeness (QED) is 0.220. The second kappa shape index (κ2) is 12.0. The van der Waals surface area contributed by atoms with E-state index < -0.39 is 23.9 Å². The molecule has 0 amide bonds. The molecule has 1 fully saturated rings. The molecule has 1 saturated heterocycles. The van der Waals surface area contributed by atoms with Gasteiger partial charge in [-0.2, -0.15) is 15.0 Å². The maximum absolute atomic E-state index is 14.2. The number of ether oxygens (including phenoxy) is 2. The number of nitrogens with zero attached hydrogens (tertiary/aromatic N) is 5. The fraction of sp³-hybridized carbons (Fsp3) is 0.312. The second-order valence-corrected chi connectivity index (χ2v) is 11.1. The van der Waals surface area contributed by atoms with Crippen molar-refractivity contribution in [2.75, 3.05) is 32.1 Å². The SMILES string of the molecule is COc1cccc(-c2ccccc2CC(C)(C)Nc2nc(C3CNCCO3)nc(-n3c(C(F)F)nc4ccccc43)n2)c1. The highest BCUT2D eigenvalue weighted by atomic mass is 19.3. The van der Waals surface area contributed by atoms with Gasteiger partial charge in [0.05, 0.1) is 24.8 Å². The minimum atomic E-state index is -2.83. The van der Waals surface area contributed by atoms with Crippen LogP contribution in [0.25, 0.3) is 28.1 Å². The number of fused-ring (bicyclic) bond motifs is 1. The van der Waals surface area contributed by atoms with E-state index in [1.54, 1.807) is 31.4 Å². The van der Waals surface area contributed by atoms with Crippen molar-refractivity contribution in [3.8, 4) is 22.8 Å². The number of para-hydroxylation sites is 2. The van der Waals surface area contributed by atoms with Crippen molar-refractivity contribution < 1.29 is 18.3 Å². The molecule has 3 heterocycles. The molecule has 222 valence electrons. The number of nitrogens with one attached hydrogen (secondary N) is 2. The topological polar surface area (TPSA) is 99.0 Å². The number of aromatic nitrogens is 5. The number of rotatable bonds is 9. The van der Waals surface area contributed by atoms with Crippen molar-refractivity contribution in [2.24, 2.45) is 0 Å². The number of hydrogen-bond acceptors (Lipinski definition) is 8. The Labute approximate surface area is 248 Å². The van der Waals surface area contributed by atoms with Gasteiger partial charge in [-0.3, -0.25) is 4.57 Å². The first-order valence-corrected chi connectivity index (χ1v) is 14.2. The molecular formula is C32H33F2N7O2. The van der Waals surface area contributed by atoms with E-state index in [0.29, 0.717) is 43.0 Å². The lowest BCUT2D eigenvalue weighted by atomic mass is 9.89. The van der Waals surface area contributed by atoms with Crippen molar-refractivity contribution in [3.05, 3.63) is 90.0 Å². The summed E-state index contributed by atoms with van der Waals surface area (Å²) in [5.74, 6) is 1.02. The van der Waals surface area contributed by atoms with Crippen LogP contribution in [0.2, 0.25) is 0 Å². The van der Waals surface area contributed by atoms with Crippen molar-refractivity contribution in [3.63, 3.8) is 0 Å². The van der Waals surface area contributed by atoms with E-state index in [2.05, 4.69) is 43.8 Å². The van der Waals surface area contributed by atoms with Crippen LogP contribution in [0.5, 0.6) is 5.75 Å². The summed E-state index contributed by atoms with van der Waals surface area (Å²) in [6.45, 7) is 5.79. The number of benzene rings is 3. The Hall–Kier alpha value is -4.48. The summed E-state index contributed by atoms with van der Waals surface area (Å²) in [7, 11) is 1.65. The summed E-state index contributed by atoms with van der Waals surface area (Å²) in [6.07, 6.45) is -2.67. The monoisotopic (exact) mass is 585 g/mol. The predicted octanol–water partition coefficient (Wildman–Crippen LogP) is 5.92. The van der Waals surface area contributed by atoms with Crippen LogP contribution >= 0.6 is 0 Å². The normalized spacial score (nSPS) is 15.6. The molecular weight excluding hydrogens is 552 g/mol. The van der Waals surface area contributed by atoms with Crippen molar-refractivity contribution in [1.29, 1.82) is 0 Å². The number of hydrogen-bond donors (Lipinski definition) is 2. The number of imidazole rings is 1. The molecule has 9 nitrogen and oxygen atoms in total. The summed E-state index contributed by atoms with van der Waals surface area (Å²) < 4.78 is 41.2. The van der Waals surface area contributed by atoms with Crippen LogP contribution in [-0.4, -0.2) is 56.8 Å². The highest BCUT2D eigenvalue weighted by Gasteiger charge is 2.28. The first-order chi connectivity index (χ1) is 20.8. The summed E-state index contributed by atoms with van der Waals surface area (Å²) in [5, 5.41) is 6.75. The lowest BCUT2D eigenvalue weighted by Gasteiger charge is -2.29. The second-order valence-electron chi connectivity index (χ2n) is 11.1. The maximum Gasteiger partial charge on any atom is 0.296 e. The van der Waals surface area contributed by atoms with Crippen LogP contribution in [0.3, 0.4) is 0 Å². The molecule has 5 aromatic rings. The van der Waals surface area contributed by atoms with Gasteiger partial charge in [0.15, 0.2) is 11.6 Å². The lowest BCUT2D eigenvalue weighted by Crippen LogP contribution is -2.36. The summed E-state index contributed by atoms with van der Waals surface area (Å²) in [5.41, 5.74) is 3.61. The Morgan fingerprint density at radius 2 is 1.84 bits per heavy atom. The van der Waals surface area contributed by atoms with Crippen molar-refractivity contribution >= 4 is 17.0 Å². The Bertz CT molecular complexity index is 1730. The van der Waals surface area contributed by atoms with Gasteiger partial charge in [0, 0.05) is 18.6 Å². The third-order valence-electron chi connectivity index (χ3n) is 7.32. The fourth-order valence-electron chi connectivity index (χ4n) is 5.38. The highest BCUT2D eigenvalue weighted by molar-refractivity contribution is 5.77. The van der Waals surface area contributed by atoms with Crippen LogP contribution in [0.1, 0.15) is 43.6 Å². The molecule has 1 atom stereocenters. The molecule has 1 aliphatic heterocycles. The molecule has 11 heteroatoms. The molecule has 2 N–H and O–H groups in total. The lowest BCUT2D eigenvalue weighted by molar-refractivity contribution is 0.0220. The first-order valence-electron chi connectivity index (χ1n) is 14.2. The number of morpholine rings is 1. The van der Waals surface area contributed by atoms with Gasteiger partial charge in [-0.1, -0.05) is 48.5 Å². The number of halogens is 2. The molecule has 0 aliphatic carbocycles. The van der Waals surface area contributed by atoms with Crippen LogP contribution in [0, 0.1) is 0 Å². The fourth-order valence-corrected chi connectivity index (χ4v) is 5.38. The van der Waals surface area contributed by atoms with Crippen LogP contribution in [-0.2, 0) is 11.2 Å². The summed E-state index contributed by atoms with van der Waals surface area (Å²) in [6, 6.07) is 23.1. The van der Waals surface area contributed by atoms with Crippen molar-refractivity contribution in [1.82, 2.24) is 29.8 Å². The van der Waals surface area contributed by atoms with Crippen LogP contribution in [0.4, 0.5) is 14.7 Å². The predicted molar refractivity (Wildman–Crippen MR) is 161 cm³/mol. The van der Waals surface area contributed by atoms with Gasteiger partial charge in [-0.25, -0.2) is 13.8 Å². The van der Waals surface area contributed by atoms with Crippen molar-refractivity contribution in [2.45, 2.75) is 38.3 Å². The van der Waals surface area contributed by atoms with E-state index in [0.717, 1.165) is 22.4 Å². The van der Waals surface area contributed by atoms with E-state index in [1.165, 1.54) is 4.57 Å². The van der Waals surface area contributed by atoms with Gasteiger partial charge < -0.3 is 20.1 Å². The van der Waals surface area contributed by atoms with Gasteiger partial charge in [0.1, 0.15) is 11.9 Å². The van der Waals surface area contributed by atoms with Crippen LogP contribution < -0.4 is 15.4 Å². The molecule has 3 aromatic carbocycles. The Morgan fingerprint density at radius 1 is 1.02 bits per heavy atom. The molecule has 43 heavy (non-hydrogen) atoms. The Morgan fingerprint density at radius 3 is 2.63 bits per heavy atom.